The van der Waals surface area contributed by atoms with Crippen molar-refractivity contribution in [1.29, 1.82) is 0 Å². The minimum atomic E-state index is 0.979. The fraction of sp³-hybridized carbons (Fsp3) is 0.0588. The molecule has 0 aliphatic carbocycles. The first-order valence-electron chi connectivity index (χ1n) is 12.3. The Bertz CT molecular complexity index is 1950. The van der Waals surface area contributed by atoms with Gasteiger partial charge in [-0.25, -0.2) is 0 Å². The summed E-state index contributed by atoms with van der Waals surface area (Å²) in [5, 5.41) is 8.91. The molecule has 0 saturated carbocycles. The Morgan fingerprint density at radius 1 is 0.611 bits per heavy atom. The molecule has 0 aliphatic rings. The molecular weight excluding hydrogens is 436 g/mol. The first-order chi connectivity index (χ1) is 17.7. The van der Waals surface area contributed by atoms with Gasteiger partial charge in [0.05, 0.1) is 11.2 Å². The van der Waals surface area contributed by atoms with Gasteiger partial charge in [0, 0.05) is 34.1 Å². The lowest BCUT2D eigenvalue weighted by Gasteiger charge is -2.18. The molecule has 2 heterocycles. The largest absolute Gasteiger partial charge is 0.256 e. The van der Waals surface area contributed by atoms with Crippen molar-refractivity contribution in [3.05, 3.63) is 120 Å². The molecule has 2 nitrogen and oxygen atoms in total. The van der Waals surface area contributed by atoms with Gasteiger partial charge in [-0.3, -0.25) is 9.97 Å². The van der Waals surface area contributed by atoms with E-state index in [0.717, 1.165) is 22.3 Å². The molecule has 0 unspecified atom stereocenters. The molecular formula is C34H24N2. The van der Waals surface area contributed by atoms with Crippen LogP contribution in [0.15, 0.2) is 97.3 Å². The van der Waals surface area contributed by atoms with Gasteiger partial charge in [-0.1, -0.05) is 78.9 Å². The standard InChI is InChI=1S/C34H24N2/c1-21-18-24-12-13-25-20-22(2)26(15-14-23-8-3-4-9-27(23)30-11-5-6-16-35-30)33-32(25)31(24)29(19-21)28-10-7-17-36-34(28)33/h3-20H,1-2H3/b15-14+. The Kier molecular flexibility index (Phi) is 4.62. The van der Waals surface area contributed by atoms with E-state index in [-0.39, 0.29) is 0 Å². The number of rotatable bonds is 3. The van der Waals surface area contributed by atoms with Crippen molar-refractivity contribution in [2.24, 2.45) is 0 Å². The van der Waals surface area contributed by atoms with E-state index in [1.165, 1.54) is 54.4 Å². The van der Waals surface area contributed by atoms with Crippen molar-refractivity contribution in [3.63, 3.8) is 0 Å². The average Bonchev–Trinajstić information content (AvgIpc) is 2.91. The number of aromatic nitrogens is 2. The van der Waals surface area contributed by atoms with Gasteiger partial charge in [0.1, 0.15) is 0 Å². The second-order valence-corrected chi connectivity index (χ2v) is 9.59. The molecule has 36 heavy (non-hydrogen) atoms. The number of hydrogen-bond donors (Lipinski definition) is 0. The van der Waals surface area contributed by atoms with Crippen molar-refractivity contribution >= 4 is 55.4 Å². The van der Waals surface area contributed by atoms with Crippen LogP contribution in [0.1, 0.15) is 22.3 Å². The molecule has 0 atom stereocenters. The van der Waals surface area contributed by atoms with Gasteiger partial charge in [0.25, 0.3) is 0 Å². The van der Waals surface area contributed by atoms with E-state index in [9.17, 15) is 0 Å². The van der Waals surface area contributed by atoms with E-state index in [2.05, 4.69) is 97.7 Å². The third kappa shape index (κ3) is 3.11. The molecule has 2 aromatic heterocycles. The lowest BCUT2D eigenvalue weighted by molar-refractivity contribution is 1.32. The highest BCUT2D eigenvalue weighted by molar-refractivity contribution is 6.34. The zero-order chi connectivity index (χ0) is 24.2. The number of hydrogen-bond acceptors (Lipinski definition) is 2. The summed E-state index contributed by atoms with van der Waals surface area (Å²) in [4.78, 5) is 9.53. The second-order valence-electron chi connectivity index (χ2n) is 9.59. The van der Waals surface area contributed by atoms with Gasteiger partial charge in [-0.2, -0.15) is 0 Å². The summed E-state index contributed by atoms with van der Waals surface area (Å²) in [5.74, 6) is 0. The average molecular weight is 461 g/mol. The summed E-state index contributed by atoms with van der Waals surface area (Å²) in [6.45, 7) is 4.38. The first kappa shape index (κ1) is 20.8. The van der Waals surface area contributed by atoms with Crippen LogP contribution < -0.4 is 0 Å². The summed E-state index contributed by atoms with van der Waals surface area (Å²) in [6.07, 6.45) is 8.25. The molecule has 0 saturated heterocycles. The van der Waals surface area contributed by atoms with E-state index in [1.54, 1.807) is 0 Å². The van der Waals surface area contributed by atoms with E-state index < -0.39 is 0 Å². The maximum absolute atomic E-state index is 4.94. The summed E-state index contributed by atoms with van der Waals surface area (Å²) >= 11 is 0. The molecule has 0 aliphatic heterocycles. The molecule has 5 aromatic carbocycles. The zero-order valence-corrected chi connectivity index (χ0v) is 20.3. The Labute approximate surface area is 209 Å². The Morgan fingerprint density at radius 2 is 1.42 bits per heavy atom. The maximum atomic E-state index is 4.94. The monoisotopic (exact) mass is 460 g/mol. The first-order valence-corrected chi connectivity index (χ1v) is 12.3. The normalized spacial score (nSPS) is 12.1. The van der Waals surface area contributed by atoms with Crippen LogP contribution in [-0.4, -0.2) is 9.97 Å². The Balaban J connectivity index is 1.56. The van der Waals surface area contributed by atoms with Gasteiger partial charge < -0.3 is 0 Å². The van der Waals surface area contributed by atoms with Crippen molar-refractivity contribution in [2.45, 2.75) is 13.8 Å². The lowest BCUT2D eigenvalue weighted by atomic mass is 9.86. The zero-order valence-electron chi connectivity index (χ0n) is 20.3. The van der Waals surface area contributed by atoms with Gasteiger partial charge in [-0.15, -0.1) is 0 Å². The number of benzene rings is 5. The van der Waals surface area contributed by atoms with Gasteiger partial charge in [0.15, 0.2) is 0 Å². The van der Waals surface area contributed by atoms with Crippen LogP contribution in [0, 0.1) is 13.8 Å². The Morgan fingerprint density at radius 3 is 2.28 bits per heavy atom. The third-order valence-corrected chi connectivity index (χ3v) is 7.28. The number of aryl methyl sites for hydroxylation is 2. The molecule has 0 N–H and O–H groups in total. The van der Waals surface area contributed by atoms with Crippen LogP contribution in [0.4, 0.5) is 0 Å². The smallest absolute Gasteiger partial charge is 0.0793 e. The van der Waals surface area contributed by atoms with Gasteiger partial charge in [0.2, 0.25) is 0 Å². The van der Waals surface area contributed by atoms with Crippen molar-refractivity contribution in [3.8, 4) is 11.3 Å². The number of fused-ring (bicyclic) bond motifs is 3. The van der Waals surface area contributed by atoms with E-state index >= 15 is 0 Å². The molecule has 0 bridgehead atoms. The van der Waals surface area contributed by atoms with Crippen molar-refractivity contribution in [1.82, 2.24) is 9.97 Å². The minimum Gasteiger partial charge on any atom is -0.256 e. The number of nitrogens with zero attached hydrogens (tertiary/aromatic N) is 2. The van der Waals surface area contributed by atoms with E-state index in [0.29, 0.717) is 0 Å². The fourth-order valence-corrected chi connectivity index (χ4v) is 5.73. The number of pyridine rings is 2. The van der Waals surface area contributed by atoms with Gasteiger partial charge >= 0.3 is 0 Å². The van der Waals surface area contributed by atoms with Crippen molar-refractivity contribution in [2.75, 3.05) is 0 Å². The maximum Gasteiger partial charge on any atom is 0.0793 e. The van der Waals surface area contributed by atoms with Crippen LogP contribution in [0.2, 0.25) is 0 Å². The molecule has 0 radical (unpaired) electrons. The molecule has 2 heteroatoms. The minimum absolute atomic E-state index is 0.979. The van der Waals surface area contributed by atoms with Crippen LogP contribution >= 0.6 is 0 Å². The highest BCUT2D eigenvalue weighted by atomic mass is 14.7. The second kappa shape index (κ2) is 8.00. The quantitative estimate of drug-likeness (QED) is 0.149. The predicted octanol–water partition coefficient (Wildman–Crippen LogP) is 8.98. The topological polar surface area (TPSA) is 25.8 Å². The predicted molar refractivity (Wildman–Crippen MR) is 154 cm³/mol. The summed E-state index contributed by atoms with van der Waals surface area (Å²) in [6, 6.07) is 30.2. The van der Waals surface area contributed by atoms with Gasteiger partial charge in [-0.05, 0) is 75.8 Å². The van der Waals surface area contributed by atoms with E-state index in [1.807, 2.05) is 30.6 Å². The molecule has 170 valence electrons. The fourth-order valence-electron chi connectivity index (χ4n) is 5.73. The molecule has 7 aromatic rings. The van der Waals surface area contributed by atoms with Crippen molar-refractivity contribution < 1.29 is 0 Å². The SMILES string of the molecule is Cc1cc2ccc3cc(C)c(/C=C/c4ccccc4-c4ccccn4)c4c5ncccc5c(c1)c2c34. The Hall–Kier alpha value is -4.56. The molecule has 7 rings (SSSR count). The summed E-state index contributed by atoms with van der Waals surface area (Å²) < 4.78 is 0. The third-order valence-electron chi connectivity index (χ3n) is 7.28. The van der Waals surface area contributed by atoms with E-state index in [4.69, 9.17) is 4.98 Å². The highest BCUT2D eigenvalue weighted by Crippen LogP contribution is 2.43. The molecule has 0 spiro atoms. The van der Waals surface area contributed by atoms with Crippen LogP contribution in [0.25, 0.3) is 66.6 Å². The van der Waals surface area contributed by atoms with Crippen LogP contribution in [0.5, 0.6) is 0 Å². The summed E-state index contributed by atoms with van der Waals surface area (Å²) in [7, 11) is 0. The highest BCUT2D eigenvalue weighted by Gasteiger charge is 2.18. The van der Waals surface area contributed by atoms with Crippen LogP contribution in [0.3, 0.4) is 0 Å². The van der Waals surface area contributed by atoms with Crippen LogP contribution in [-0.2, 0) is 0 Å². The lowest BCUT2D eigenvalue weighted by Crippen LogP contribution is -1.94. The molecule has 0 amide bonds. The summed E-state index contributed by atoms with van der Waals surface area (Å²) in [5.41, 5.74) is 8.06. The molecule has 0 fully saturated rings.